The maximum Gasteiger partial charge on any atom is 0.321 e. The molecule has 1 aliphatic heterocycles. The van der Waals surface area contributed by atoms with Gasteiger partial charge in [-0.3, -0.25) is 4.79 Å². The summed E-state index contributed by atoms with van der Waals surface area (Å²) in [5, 5.41) is 2.90. The van der Waals surface area contributed by atoms with Crippen molar-refractivity contribution in [3.8, 4) is 0 Å². The number of rotatable bonds is 4. The number of piperidine rings is 1. The Balaban J connectivity index is 1.36. The van der Waals surface area contributed by atoms with E-state index >= 15 is 0 Å². The quantitative estimate of drug-likeness (QED) is 0.715. The molecular formula is C22H25N5O2. The molecule has 4 rings (SSSR count). The molecule has 1 aromatic heterocycles. The van der Waals surface area contributed by atoms with E-state index in [4.69, 9.17) is 0 Å². The Bertz CT molecular complexity index is 968. The number of anilines is 1. The largest absolute Gasteiger partial charge is 0.340 e. The number of imidazole rings is 1. The highest BCUT2D eigenvalue weighted by Crippen LogP contribution is 2.21. The molecule has 1 aliphatic rings. The van der Waals surface area contributed by atoms with Crippen LogP contribution < -0.4 is 5.32 Å². The van der Waals surface area contributed by atoms with Crippen LogP contribution in [-0.4, -0.2) is 51.8 Å². The highest BCUT2D eigenvalue weighted by Gasteiger charge is 2.30. The van der Waals surface area contributed by atoms with Gasteiger partial charge in [-0.1, -0.05) is 30.3 Å². The van der Waals surface area contributed by atoms with Crippen molar-refractivity contribution in [3.63, 3.8) is 0 Å². The maximum atomic E-state index is 13.0. The van der Waals surface area contributed by atoms with E-state index in [-0.39, 0.29) is 17.9 Å². The summed E-state index contributed by atoms with van der Waals surface area (Å²) >= 11 is 0. The van der Waals surface area contributed by atoms with Gasteiger partial charge in [0.05, 0.1) is 23.5 Å². The van der Waals surface area contributed by atoms with E-state index in [9.17, 15) is 9.59 Å². The van der Waals surface area contributed by atoms with Crippen molar-refractivity contribution in [1.82, 2.24) is 19.8 Å². The third-order valence-electron chi connectivity index (χ3n) is 5.28. The first-order valence-electron chi connectivity index (χ1n) is 9.90. The van der Waals surface area contributed by atoms with Crippen molar-refractivity contribution in [2.45, 2.75) is 19.4 Å². The molecule has 0 radical (unpaired) electrons. The molecule has 0 spiro atoms. The molecule has 0 bridgehead atoms. The molecule has 0 saturated carbocycles. The van der Waals surface area contributed by atoms with Crippen LogP contribution in [0.5, 0.6) is 0 Å². The lowest BCUT2D eigenvalue weighted by Crippen LogP contribution is -2.47. The predicted octanol–water partition coefficient (Wildman–Crippen LogP) is 3.47. The molecule has 1 unspecified atom stereocenters. The molecule has 7 heteroatoms. The first-order valence-corrected chi connectivity index (χ1v) is 9.90. The number of fused-ring (bicyclic) bond motifs is 1. The fourth-order valence-corrected chi connectivity index (χ4v) is 3.78. The molecule has 7 nitrogen and oxygen atoms in total. The fraction of sp³-hybridized carbons (Fsp3) is 0.318. The van der Waals surface area contributed by atoms with E-state index in [2.05, 4.69) is 15.3 Å². The van der Waals surface area contributed by atoms with Crippen LogP contribution in [0, 0.1) is 5.92 Å². The molecule has 150 valence electrons. The van der Waals surface area contributed by atoms with Gasteiger partial charge in [0, 0.05) is 25.8 Å². The number of carbonyl (C=O) groups is 2. The molecule has 3 amide bonds. The molecule has 1 saturated heterocycles. The summed E-state index contributed by atoms with van der Waals surface area (Å²) in [5.41, 5.74) is 2.61. The van der Waals surface area contributed by atoms with Gasteiger partial charge in [-0.15, -0.1) is 0 Å². The Morgan fingerprint density at radius 3 is 2.72 bits per heavy atom. The monoisotopic (exact) mass is 391 g/mol. The first kappa shape index (κ1) is 19.0. The standard InChI is InChI=1S/C22H25N5O2/c1-26(15-20-24-18-11-5-6-12-19(18)25-20)21(28)16-8-7-13-27(14-16)22(29)23-17-9-3-2-4-10-17/h2-6,9-12,16H,7-8,13-15H2,1H3,(H,23,29)(H,24,25). The van der Waals surface area contributed by atoms with Crippen molar-refractivity contribution >= 4 is 28.7 Å². The van der Waals surface area contributed by atoms with E-state index in [0.29, 0.717) is 19.6 Å². The van der Waals surface area contributed by atoms with E-state index in [1.807, 2.05) is 54.6 Å². The zero-order valence-corrected chi connectivity index (χ0v) is 16.5. The summed E-state index contributed by atoms with van der Waals surface area (Å²) in [4.78, 5) is 36.8. The van der Waals surface area contributed by atoms with Crippen LogP contribution in [0.4, 0.5) is 10.5 Å². The normalized spacial score (nSPS) is 16.6. The van der Waals surface area contributed by atoms with Crippen LogP contribution >= 0.6 is 0 Å². The Kier molecular flexibility index (Phi) is 5.46. The minimum absolute atomic E-state index is 0.0441. The second-order valence-electron chi connectivity index (χ2n) is 7.48. The Hall–Kier alpha value is -3.35. The van der Waals surface area contributed by atoms with Crippen LogP contribution in [0.25, 0.3) is 11.0 Å². The fourth-order valence-electron chi connectivity index (χ4n) is 3.78. The van der Waals surface area contributed by atoms with Gasteiger partial charge in [-0.2, -0.15) is 0 Å². The van der Waals surface area contributed by atoms with E-state index in [1.165, 1.54) is 0 Å². The van der Waals surface area contributed by atoms with Gasteiger partial charge in [0.2, 0.25) is 5.91 Å². The van der Waals surface area contributed by atoms with Gasteiger partial charge < -0.3 is 20.1 Å². The van der Waals surface area contributed by atoms with E-state index < -0.39 is 0 Å². The third-order valence-corrected chi connectivity index (χ3v) is 5.28. The average molecular weight is 391 g/mol. The van der Waals surface area contributed by atoms with Gasteiger partial charge in [-0.05, 0) is 37.1 Å². The minimum atomic E-state index is -0.195. The first-order chi connectivity index (χ1) is 14.1. The topological polar surface area (TPSA) is 81.3 Å². The number of hydrogen-bond acceptors (Lipinski definition) is 3. The summed E-state index contributed by atoms with van der Waals surface area (Å²) in [5.74, 6) is 0.610. The van der Waals surface area contributed by atoms with Crippen molar-refractivity contribution in [1.29, 1.82) is 0 Å². The zero-order chi connectivity index (χ0) is 20.2. The summed E-state index contributed by atoms with van der Waals surface area (Å²) in [6, 6.07) is 17.0. The Labute approximate surface area is 169 Å². The van der Waals surface area contributed by atoms with Gasteiger partial charge in [0.1, 0.15) is 5.82 Å². The lowest BCUT2D eigenvalue weighted by atomic mass is 9.97. The average Bonchev–Trinajstić information content (AvgIpc) is 3.16. The van der Waals surface area contributed by atoms with Gasteiger partial charge in [0.15, 0.2) is 0 Å². The molecule has 2 N–H and O–H groups in total. The maximum absolute atomic E-state index is 13.0. The van der Waals surface area contributed by atoms with Gasteiger partial charge in [-0.25, -0.2) is 9.78 Å². The molecular weight excluding hydrogens is 366 g/mol. The summed E-state index contributed by atoms with van der Waals surface area (Å²) in [6.07, 6.45) is 1.61. The van der Waals surface area contributed by atoms with Crippen molar-refractivity contribution in [2.24, 2.45) is 5.92 Å². The molecule has 2 aromatic carbocycles. The van der Waals surface area contributed by atoms with Crippen LogP contribution in [0.1, 0.15) is 18.7 Å². The highest BCUT2D eigenvalue weighted by molar-refractivity contribution is 5.90. The summed E-state index contributed by atoms with van der Waals surface area (Å²) in [6.45, 7) is 1.51. The number of carbonyl (C=O) groups excluding carboxylic acids is 2. The number of para-hydroxylation sites is 3. The number of hydrogen-bond donors (Lipinski definition) is 2. The van der Waals surface area contributed by atoms with E-state index in [1.54, 1.807) is 16.8 Å². The Morgan fingerprint density at radius 1 is 1.17 bits per heavy atom. The lowest BCUT2D eigenvalue weighted by molar-refractivity contribution is -0.136. The van der Waals surface area contributed by atoms with Crippen molar-refractivity contribution < 1.29 is 9.59 Å². The Morgan fingerprint density at radius 2 is 1.93 bits per heavy atom. The second-order valence-corrected chi connectivity index (χ2v) is 7.48. The number of H-pyrrole nitrogens is 1. The molecule has 3 aromatic rings. The number of nitrogens with zero attached hydrogens (tertiary/aromatic N) is 3. The summed E-state index contributed by atoms with van der Waals surface area (Å²) < 4.78 is 0. The molecule has 1 atom stereocenters. The van der Waals surface area contributed by atoms with E-state index in [0.717, 1.165) is 35.4 Å². The SMILES string of the molecule is CN(Cc1nc2ccccc2[nH]1)C(=O)C1CCCN(C(=O)Nc2ccccc2)C1. The van der Waals surface area contributed by atoms with Crippen molar-refractivity contribution in [2.75, 3.05) is 25.5 Å². The highest BCUT2D eigenvalue weighted by atomic mass is 16.2. The molecule has 29 heavy (non-hydrogen) atoms. The zero-order valence-electron chi connectivity index (χ0n) is 16.5. The van der Waals surface area contributed by atoms with Crippen LogP contribution in [0.3, 0.4) is 0 Å². The lowest BCUT2D eigenvalue weighted by Gasteiger charge is -2.33. The van der Waals surface area contributed by atoms with Gasteiger partial charge in [0.25, 0.3) is 0 Å². The summed E-state index contributed by atoms with van der Waals surface area (Å²) in [7, 11) is 1.79. The molecule has 0 aliphatic carbocycles. The number of urea groups is 1. The van der Waals surface area contributed by atoms with Crippen molar-refractivity contribution in [3.05, 3.63) is 60.4 Å². The number of aromatic amines is 1. The van der Waals surface area contributed by atoms with Crippen LogP contribution in [0.15, 0.2) is 54.6 Å². The minimum Gasteiger partial charge on any atom is -0.340 e. The van der Waals surface area contributed by atoms with Gasteiger partial charge >= 0.3 is 6.03 Å². The number of aromatic nitrogens is 2. The third kappa shape index (κ3) is 4.39. The molecule has 1 fully saturated rings. The van der Waals surface area contributed by atoms with Crippen LogP contribution in [0.2, 0.25) is 0 Å². The molecule has 2 heterocycles. The van der Waals surface area contributed by atoms with Crippen LogP contribution in [-0.2, 0) is 11.3 Å². The smallest absolute Gasteiger partial charge is 0.321 e. The number of likely N-dealkylation sites (tertiary alicyclic amines) is 1. The number of amides is 3. The predicted molar refractivity (Wildman–Crippen MR) is 112 cm³/mol. The second kappa shape index (κ2) is 8.34. The number of benzene rings is 2. The number of nitrogens with one attached hydrogen (secondary N) is 2.